The minimum absolute atomic E-state index is 0.125. The van der Waals surface area contributed by atoms with Crippen LogP contribution in [0.15, 0.2) is 101 Å². The van der Waals surface area contributed by atoms with Crippen LogP contribution < -0.4 is 5.32 Å². The molecule has 0 bridgehead atoms. The summed E-state index contributed by atoms with van der Waals surface area (Å²) in [7, 11) is -1.35. The molecule has 30 heavy (non-hydrogen) atoms. The number of hydrogen-bond donors (Lipinski definition) is 2. The van der Waals surface area contributed by atoms with Crippen LogP contribution >= 0.6 is 0 Å². The third-order valence-corrected chi connectivity index (χ3v) is 7.00. The Bertz CT molecular complexity index is 1180. The minimum atomic E-state index is -1.35. The Kier molecular flexibility index (Phi) is 6.38. The lowest BCUT2D eigenvalue weighted by Crippen LogP contribution is -2.19. The highest BCUT2D eigenvalue weighted by molar-refractivity contribution is 7.85. The van der Waals surface area contributed by atoms with E-state index in [4.69, 9.17) is 0 Å². The molecule has 4 rings (SSSR count). The quantitative estimate of drug-likeness (QED) is 0.428. The maximum absolute atomic E-state index is 13.3. The van der Waals surface area contributed by atoms with Gasteiger partial charge in [-0.1, -0.05) is 78.9 Å². The van der Waals surface area contributed by atoms with E-state index in [-0.39, 0.29) is 12.6 Å². The van der Waals surface area contributed by atoms with E-state index in [1.807, 2.05) is 48.5 Å². The SMILES string of the molecule is C[C@@H](NCc1ccccc1S(=O)c1ccccc1CO)c1cccc2ccccc12. The number of aliphatic hydroxyl groups excluding tert-OH is 1. The van der Waals surface area contributed by atoms with Gasteiger partial charge in [0.05, 0.1) is 17.4 Å². The van der Waals surface area contributed by atoms with Crippen molar-refractivity contribution in [1.82, 2.24) is 5.32 Å². The van der Waals surface area contributed by atoms with Crippen LogP contribution in [-0.2, 0) is 24.0 Å². The predicted molar refractivity (Wildman–Crippen MR) is 123 cm³/mol. The van der Waals surface area contributed by atoms with Crippen molar-refractivity contribution in [2.45, 2.75) is 35.9 Å². The number of hydrogen-bond acceptors (Lipinski definition) is 3. The van der Waals surface area contributed by atoms with Crippen LogP contribution in [0.5, 0.6) is 0 Å². The summed E-state index contributed by atoms with van der Waals surface area (Å²) in [5, 5.41) is 15.7. The van der Waals surface area contributed by atoms with E-state index >= 15 is 0 Å². The van der Waals surface area contributed by atoms with Gasteiger partial charge in [-0.3, -0.25) is 0 Å². The van der Waals surface area contributed by atoms with Gasteiger partial charge in [-0.2, -0.15) is 0 Å². The highest BCUT2D eigenvalue weighted by Crippen LogP contribution is 2.26. The number of nitrogens with one attached hydrogen (secondary N) is 1. The van der Waals surface area contributed by atoms with Gasteiger partial charge >= 0.3 is 0 Å². The molecule has 4 aromatic rings. The normalized spacial score (nSPS) is 13.3. The van der Waals surface area contributed by atoms with E-state index in [1.54, 1.807) is 0 Å². The van der Waals surface area contributed by atoms with Crippen LogP contribution in [0.25, 0.3) is 10.8 Å². The largest absolute Gasteiger partial charge is 0.392 e. The number of benzene rings is 4. The van der Waals surface area contributed by atoms with Crippen LogP contribution in [0.4, 0.5) is 0 Å². The average molecular weight is 416 g/mol. The molecule has 2 N–H and O–H groups in total. The number of aliphatic hydroxyl groups is 1. The lowest BCUT2D eigenvalue weighted by Gasteiger charge is -2.18. The second kappa shape index (κ2) is 9.35. The summed E-state index contributed by atoms with van der Waals surface area (Å²) in [5.74, 6) is 0. The van der Waals surface area contributed by atoms with Crippen molar-refractivity contribution in [3.05, 3.63) is 108 Å². The van der Waals surface area contributed by atoms with Gasteiger partial charge in [-0.15, -0.1) is 0 Å². The summed E-state index contributed by atoms with van der Waals surface area (Å²) in [5.41, 5.74) is 2.94. The Balaban J connectivity index is 1.58. The Labute approximate surface area is 179 Å². The van der Waals surface area contributed by atoms with Crippen LogP contribution in [0.3, 0.4) is 0 Å². The molecule has 0 aliphatic heterocycles. The topological polar surface area (TPSA) is 49.3 Å². The van der Waals surface area contributed by atoms with Crippen molar-refractivity contribution >= 4 is 21.6 Å². The molecule has 2 atom stereocenters. The maximum atomic E-state index is 13.3. The molecule has 4 heteroatoms. The van der Waals surface area contributed by atoms with Gasteiger partial charge in [-0.05, 0) is 46.5 Å². The van der Waals surface area contributed by atoms with Crippen molar-refractivity contribution in [2.75, 3.05) is 0 Å². The first-order valence-electron chi connectivity index (χ1n) is 10.1. The minimum Gasteiger partial charge on any atom is -0.392 e. The summed E-state index contributed by atoms with van der Waals surface area (Å²) < 4.78 is 13.3. The highest BCUT2D eigenvalue weighted by Gasteiger charge is 2.16. The lowest BCUT2D eigenvalue weighted by molar-refractivity contribution is 0.278. The van der Waals surface area contributed by atoms with Gasteiger partial charge in [0.2, 0.25) is 0 Å². The zero-order valence-corrected chi connectivity index (χ0v) is 17.7. The van der Waals surface area contributed by atoms with Crippen molar-refractivity contribution < 1.29 is 9.32 Å². The van der Waals surface area contributed by atoms with E-state index in [1.165, 1.54) is 16.3 Å². The van der Waals surface area contributed by atoms with E-state index in [0.717, 1.165) is 10.5 Å². The molecule has 0 saturated heterocycles. The fourth-order valence-electron chi connectivity index (χ4n) is 3.77. The lowest BCUT2D eigenvalue weighted by atomic mass is 9.99. The molecule has 0 saturated carbocycles. The second-order valence-electron chi connectivity index (χ2n) is 7.31. The van der Waals surface area contributed by atoms with Crippen molar-refractivity contribution in [1.29, 1.82) is 0 Å². The summed E-state index contributed by atoms with van der Waals surface area (Å²) in [6.07, 6.45) is 0. The van der Waals surface area contributed by atoms with Gasteiger partial charge in [0.15, 0.2) is 0 Å². The average Bonchev–Trinajstić information content (AvgIpc) is 2.81. The number of fused-ring (bicyclic) bond motifs is 1. The van der Waals surface area contributed by atoms with Gasteiger partial charge in [0.1, 0.15) is 0 Å². The van der Waals surface area contributed by atoms with Crippen LogP contribution in [0.1, 0.15) is 29.7 Å². The zero-order chi connectivity index (χ0) is 20.9. The fraction of sp³-hybridized carbons (Fsp3) is 0.154. The van der Waals surface area contributed by atoms with E-state index in [9.17, 15) is 9.32 Å². The maximum Gasteiger partial charge on any atom is 0.0856 e. The molecule has 0 fully saturated rings. The van der Waals surface area contributed by atoms with Gasteiger partial charge in [-0.25, -0.2) is 4.21 Å². The third kappa shape index (κ3) is 4.21. The second-order valence-corrected chi connectivity index (χ2v) is 8.73. The van der Waals surface area contributed by atoms with Crippen molar-refractivity contribution in [2.24, 2.45) is 0 Å². The molecule has 4 aromatic carbocycles. The van der Waals surface area contributed by atoms with Crippen LogP contribution in [-0.4, -0.2) is 9.32 Å². The summed E-state index contributed by atoms with van der Waals surface area (Å²) >= 11 is 0. The molecular formula is C26H25NO2S. The zero-order valence-electron chi connectivity index (χ0n) is 16.9. The molecule has 0 amide bonds. The first-order valence-corrected chi connectivity index (χ1v) is 11.2. The Morgan fingerprint density at radius 3 is 2.17 bits per heavy atom. The third-order valence-electron chi connectivity index (χ3n) is 5.40. The molecule has 1 unspecified atom stereocenters. The fourth-order valence-corrected chi connectivity index (χ4v) is 5.16. The smallest absolute Gasteiger partial charge is 0.0856 e. The molecule has 0 radical (unpaired) electrons. The molecule has 0 aromatic heterocycles. The molecular weight excluding hydrogens is 390 g/mol. The Morgan fingerprint density at radius 1 is 0.800 bits per heavy atom. The highest BCUT2D eigenvalue weighted by atomic mass is 32.2. The van der Waals surface area contributed by atoms with E-state index < -0.39 is 10.8 Å². The first kappa shape index (κ1) is 20.5. The summed E-state index contributed by atoms with van der Waals surface area (Å²) in [6, 6.07) is 30.1. The molecule has 0 spiro atoms. The Morgan fingerprint density at radius 2 is 1.40 bits per heavy atom. The van der Waals surface area contributed by atoms with Crippen LogP contribution in [0, 0.1) is 0 Å². The van der Waals surface area contributed by atoms with Gasteiger partial charge < -0.3 is 10.4 Å². The summed E-state index contributed by atoms with van der Waals surface area (Å²) in [6.45, 7) is 2.64. The van der Waals surface area contributed by atoms with Gasteiger partial charge in [0.25, 0.3) is 0 Å². The molecule has 0 aliphatic rings. The summed E-state index contributed by atoms with van der Waals surface area (Å²) in [4.78, 5) is 1.44. The van der Waals surface area contributed by atoms with E-state index in [0.29, 0.717) is 17.0 Å². The molecule has 0 heterocycles. The van der Waals surface area contributed by atoms with Gasteiger partial charge in [0, 0.05) is 22.4 Å². The predicted octanol–water partition coefficient (Wildman–Crippen LogP) is 5.35. The molecule has 3 nitrogen and oxygen atoms in total. The van der Waals surface area contributed by atoms with E-state index in [2.05, 4.69) is 54.7 Å². The van der Waals surface area contributed by atoms with Crippen molar-refractivity contribution in [3.63, 3.8) is 0 Å². The first-order chi connectivity index (χ1) is 14.7. The molecule has 152 valence electrons. The molecule has 0 aliphatic carbocycles. The van der Waals surface area contributed by atoms with Crippen molar-refractivity contribution in [3.8, 4) is 0 Å². The Hall–Kier alpha value is -2.79. The number of rotatable bonds is 7. The van der Waals surface area contributed by atoms with Crippen LogP contribution in [0.2, 0.25) is 0 Å². The standard InChI is InChI=1S/C26H25NO2S/c1-19(23-14-8-12-20-9-2-5-13-24(20)23)27-17-21-10-3-6-15-25(21)30(29)26-16-7-4-11-22(26)18-28/h2-16,19,27-28H,17-18H2,1H3/t19-,30?/m1/s1. The monoisotopic (exact) mass is 415 g/mol.